The Morgan fingerprint density at radius 3 is 2.62 bits per heavy atom. The van der Waals surface area contributed by atoms with Crippen LogP contribution in [0.1, 0.15) is 35.4 Å². The van der Waals surface area contributed by atoms with Crippen molar-refractivity contribution >= 4 is 34.0 Å². The first-order chi connectivity index (χ1) is 18.1. The van der Waals surface area contributed by atoms with Crippen LogP contribution in [0.15, 0.2) is 80.7 Å². The van der Waals surface area contributed by atoms with Gasteiger partial charge in [-0.1, -0.05) is 46.3 Å². The number of nitrogens with zero attached hydrogens (tertiary/aromatic N) is 2. The van der Waals surface area contributed by atoms with Crippen molar-refractivity contribution in [2.75, 3.05) is 32.8 Å². The molecule has 0 radical (unpaired) electrons. The van der Waals surface area contributed by atoms with Crippen molar-refractivity contribution in [1.29, 1.82) is 0 Å². The van der Waals surface area contributed by atoms with Gasteiger partial charge in [0, 0.05) is 35.2 Å². The van der Waals surface area contributed by atoms with Crippen LogP contribution in [-0.4, -0.2) is 61.8 Å². The number of halogens is 1. The van der Waals surface area contributed by atoms with Gasteiger partial charge in [0.05, 0.1) is 25.5 Å². The zero-order valence-corrected chi connectivity index (χ0v) is 22.2. The average molecular weight is 567 g/mol. The SMILES string of the molecule is O=C(NCCCCC(C(=O)NN=Cc1ccc(-c2cccc(Br)c2)o1)N1CCOCC1)c1ccccc1. The van der Waals surface area contributed by atoms with Crippen molar-refractivity contribution in [3.05, 3.63) is 82.5 Å². The molecule has 37 heavy (non-hydrogen) atoms. The first kappa shape index (κ1) is 26.8. The smallest absolute Gasteiger partial charge is 0.257 e. The molecule has 2 N–H and O–H groups in total. The number of rotatable bonds is 11. The summed E-state index contributed by atoms with van der Waals surface area (Å²) in [6.45, 7) is 3.15. The van der Waals surface area contributed by atoms with Gasteiger partial charge in [0.25, 0.3) is 11.8 Å². The number of nitrogens with one attached hydrogen (secondary N) is 2. The Morgan fingerprint density at radius 1 is 1.03 bits per heavy atom. The number of hydrazone groups is 1. The van der Waals surface area contributed by atoms with Gasteiger partial charge in [0.1, 0.15) is 11.5 Å². The highest BCUT2D eigenvalue weighted by Crippen LogP contribution is 2.24. The topological polar surface area (TPSA) is 96.2 Å². The second kappa shape index (κ2) is 13.9. The zero-order chi connectivity index (χ0) is 25.9. The molecule has 0 spiro atoms. The van der Waals surface area contributed by atoms with E-state index in [9.17, 15) is 9.59 Å². The number of carbonyl (C=O) groups excluding carboxylic acids is 2. The molecule has 2 amide bonds. The summed E-state index contributed by atoms with van der Waals surface area (Å²) in [7, 11) is 0. The van der Waals surface area contributed by atoms with Gasteiger partial charge < -0.3 is 14.5 Å². The molecule has 9 heteroatoms. The molecule has 0 bridgehead atoms. The van der Waals surface area contributed by atoms with Crippen molar-refractivity contribution in [3.63, 3.8) is 0 Å². The molecule has 194 valence electrons. The van der Waals surface area contributed by atoms with Gasteiger partial charge in [0.15, 0.2) is 0 Å². The van der Waals surface area contributed by atoms with Crippen LogP contribution in [0.2, 0.25) is 0 Å². The first-order valence-electron chi connectivity index (χ1n) is 12.4. The lowest BCUT2D eigenvalue weighted by Gasteiger charge is -2.33. The summed E-state index contributed by atoms with van der Waals surface area (Å²) >= 11 is 3.47. The van der Waals surface area contributed by atoms with Crippen molar-refractivity contribution in [2.45, 2.75) is 25.3 Å². The number of amides is 2. The number of hydrogen-bond acceptors (Lipinski definition) is 6. The van der Waals surface area contributed by atoms with E-state index >= 15 is 0 Å². The number of benzene rings is 2. The van der Waals surface area contributed by atoms with E-state index in [2.05, 4.69) is 36.7 Å². The van der Waals surface area contributed by atoms with Crippen molar-refractivity contribution < 1.29 is 18.7 Å². The van der Waals surface area contributed by atoms with Gasteiger partial charge in [-0.25, -0.2) is 5.43 Å². The van der Waals surface area contributed by atoms with Crippen LogP contribution in [-0.2, 0) is 9.53 Å². The maximum Gasteiger partial charge on any atom is 0.257 e. The zero-order valence-electron chi connectivity index (χ0n) is 20.6. The minimum Gasteiger partial charge on any atom is -0.455 e. The van der Waals surface area contributed by atoms with E-state index in [-0.39, 0.29) is 17.9 Å². The number of ether oxygens (including phenoxy) is 1. The van der Waals surface area contributed by atoms with Crippen LogP contribution in [0.5, 0.6) is 0 Å². The molecular formula is C28H31BrN4O4. The molecule has 1 fully saturated rings. The molecular weight excluding hydrogens is 536 g/mol. The fraction of sp³-hybridized carbons (Fsp3) is 0.321. The monoisotopic (exact) mass is 566 g/mol. The van der Waals surface area contributed by atoms with E-state index in [4.69, 9.17) is 9.15 Å². The van der Waals surface area contributed by atoms with Crippen LogP contribution in [0, 0.1) is 0 Å². The molecule has 4 rings (SSSR count). The molecule has 1 aromatic heterocycles. The van der Waals surface area contributed by atoms with Crippen LogP contribution >= 0.6 is 15.9 Å². The maximum atomic E-state index is 13.0. The molecule has 8 nitrogen and oxygen atoms in total. The van der Waals surface area contributed by atoms with E-state index in [1.165, 1.54) is 6.21 Å². The summed E-state index contributed by atoms with van der Waals surface area (Å²) in [6.07, 6.45) is 3.74. The van der Waals surface area contributed by atoms with Crippen LogP contribution in [0.3, 0.4) is 0 Å². The third-order valence-electron chi connectivity index (χ3n) is 6.12. The second-order valence-electron chi connectivity index (χ2n) is 8.73. The predicted molar refractivity (Wildman–Crippen MR) is 146 cm³/mol. The summed E-state index contributed by atoms with van der Waals surface area (Å²) in [5, 5.41) is 7.08. The van der Waals surface area contributed by atoms with Gasteiger partial charge in [-0.05, 0) is 55.7 Å². The highest BCUT2D eigenvalue weighted by Gasteiger charge is 2.27. The summed E-state index contributed by atoms with van der Waals surface area (Å²) in [6, 6.07) is 20.4. The standard InChI is InChI=1S/C28H31BrN4O4/c29-23-10-6-9-22(19-23)26-13-12-24(37-26)20-31-32-28(35)25(33-15-17-36-18-16-33)11-4-5-14-30-27(34)21-7-2-1-3-8-21/h1-3,6-10,12-13,19-20,25H,4-5,11,14-18H2,(H,30,34)(H,32,35). The predicted octanol–water partition coefficient (Wildman–Crippen LogP) is 4.46. The first-order valence-corrected chi connectivity index (χ1v) is 13.2. The van der Waals surface area contributed by atoms with Crippen molar-refractivity contribution in [2.24, 2.45) is 5.10 Å². The highest BCUT2D eigenvalue weighted by atomic mass is 79.9. The normalized spacial score (nSPS) is 14.9. The van der Waals surface area contributed by atoms with Crippen molar-refractivity contribution in [1.82, 2.24) is 15.6 Å². The number of morpholine rings is 1. The molecule has 0 aliphatic carbocycles. The minimum atomic E-state index is -0.320. The Labute approximate surface area is 225 Å². The molecule has 3 aromatic rings. The number of unbranched alkanes of at least 4 members (excludes halogenated alkanes) is 1. The van der Waals surface area contributed by atoms with Gasteiger partial charge in [-0.2, -0.15) is 5.10 Å². The Morgan fingerprint density at radius 2 is 1.84 bits per heavy atom. The van der Waals surface area contributed by atoms with Gasteiger partial charge >= 0.3 is 0 Å². The average Bonchev–Trinajstić information content (AvgIpc) is 3.40. The van der Waals surface area contributed by atoms with Gasteiger partial charge in [-0.3, -0.25) is 14.5 Å². The molecule has 1 aliphatic rings. The molecule has 0 saturated carbocycles. The third-order valence-corrected chi connectivity index (χ3v) is 6.61. The van der Waals surface area contributed by atoms with Crippen LogP contribution in [0.4, 0.5) is 0 Å². The Balaban J connectivity index is 1.27. The second-order valence-corrected chi connectivity index (χ2v) is 9.64. The molecule has 1 saturated heterocycles. The lowest BCUT2D eigenvalue weighted by molar-refractivity contribution is -0.128. The lowest BCUT2D eigenvalue weighted by Crippen LogP contribution is -2.50. The summed E-state index contributed by atoms with van der Waals surface area (Å²) < 4.78 is 12.3. The number of hydrogen-bond donors (Lipinski definition) is 2. The Hall–Kier alpha value is -3.27. The molecule has 1 unspecified atom stereocenters. The van der Waals surface area contributed by atoms with E-state index in [1.807, 2.05) is 54.6 Å². The quantitative estimate of drug-likeness (QED) is 0.203. The summed E-state index contributed by atoms with van der Waals surface area (Å²) in [4.78, 5) is 27.4. The van der Waals surface area contributed by atoms with Crippen LogP contribution < -0.4 is 10.7 Å². The van der Waals surface area contributed by atoms with Gasteiger partial charge in [-0.15, -0.1) is 0 Å². The largest absolute Gasteiger partial charge is 0.455 e. The van der Waals surface area contributed by atoms with Crippen LogP contribution in [0.25, 0.3) is 11.3 Å². The van der Waals surface area contributed by atoms with E-state index in [1.54, 1.807) is 12.1 Å². The highest BCUT2D eigenvalue weighted by molar-refractivity contribution is 9.10. The van der Waals surface area contributed by atoms with Crippen molar-refractivity contribution in [3.8, 4) is 11.3 Å². The summed E-state index contributed by atoms with van der Waals surface area (Å²) in [5.41, 5.74) is 4.27. The molecule has 2 aromatic carbocycles. The maximum absolute atomic E-state index is 13.0. The fourth-order valence-electron chi connectivity index (χ4n) is 4.18. The lowest BCUT2D eigenvalue weighted by atomic mass is 10.1. The van der Waals surface area contributed by atoms with Gasteiger partial charge in [0.2, 0.25) is 0 Å². The number of carbonyl (C=O) groups is 2. The molecule has 2 heterocycles. The molecule has 1 aliphatic heterocycles. The van der Waals surface area contributed by atoms with E-state index < -0.39 is 0 Å². The summed E-state index contributed by atoms with van der Waals surface area (Å²) in [5.74, 6) is 1.02. The number of furan rings is 1. The minimum absolute atomic E-state index is 0.0848. The Bertz CT molecular complexity index is 1190. The molecule has 1 atom stereocenters. The van der Waals surface area contributed by atoms with E-state index in [0.717, 1.165) is 28.6 Å². The third kappa shape index (κ3) is 8.11. The fourth-order valence-corrected chi connectivity index (χ4v) is 4.58. The Kier molecular flexibility index (Phi) is 10.0. The van der Waals surface area contributed by atoms with E-state index in [0.29, 0.717) is 50.6 Å².